The molecule has 4 aliphatic rings. The number of anilines is 3. The number of carbonyl (C=O) groups is 1. The molecule has 3 fully saturated rings. The average molecular weight is 534 g/mol. The number of aromatic nitrogens is 3. The first-order valence-electron chi connectivity index (χ1n) is 13.7. The van der Waals surface area contributed by atoms with Crippen molar-refractivity contribution in [3.8, 4) is 6.01 Å². The summed E-state index contributed by atoms with van der Waals surface area (Å²) in [6.45, 7) is 4.42. The zero-order valence-electron chi connectivity index (χ0n) is 21.8. The Kier molecular flexibility index (Phi) is 6.00. The van der Waals surface area contributed by atoms with Gasteiger partial charge in [0.25, 0.3) is 5.91 Å². The van der Waals surface area contributed by atoms with Crippen LogP contribution in [-0.4, -0.2) is 83.5 Å². The molecule has 6 heterocycles. The van der Waals surface area contributed by atoms with Crippen LogP contribution in [0.3, 0.4) is 0 Å². The number of halogens is 1. The van der Waals surface area contributed by atoms with Crippen LogP contribution in [0.25, 0.3) is 10.8 Å². The van der Waals surface area contributed by atoms with Crippen molar-refractivity contribution >= 4 is 34.1 Å². The molecule has 4 aliphatic heterocycles. The van der Waals surface area contributed by atoms with Crippen molar-refractivity contribution in [3.63, 3.8) is 0 Å². The highest BCUT2D eigenvalue weighted by molar-refractivity contribution is 6.15. The number of amides is 1. The summed E-state index contributed by atoms with van der Waals surface area (Å²) in [6, 6.07) is 9.77. The van der Waals surface area contributed by atoms with E-state index in [1.165, 1.54) is 0 Å². The smallest absolute Gasteiger partial charge is 0.318 e. The van der Waals surface area contributed by atoms with Crippen molar-refractivity contribution in [2.45, 2.75) is 43.9 Å². The first-order chi connectivity index (χ1) is 19.0. The van der Waals surface area contributed by atoms with Gasteiger partial charge in [0, 0.05) is 38.0 Å². The summed E-state index contributed by atoms with van der Waals surface area (Å²) in [5.41, 5.74) is 6.87. The zero-order valence-corrected chi connectivity index (χ0v) is 21.8. The molecule has 3 aromatic rings. The molecule has 3 saturated heterocycles. The summed E-state index contributed by atoms with van der Waals surface area (Å²) in [6.07, 6.45) is 2.38. The normalized spacial score (nSPS) is 25.3. The van der Waals surface area contributed by atoms with E-state index in [2.05, 4.69) is 14.8 Å². The van der Waals surface area contributed by atoms with Gasteiger partial charge in [0.05, 0.1) is 24.4 Å². The van der Waals surface area contributed by atoms with Crippen LogP contribution in [0.1, 0.15) is 41.7 Å². The van der Waals surface area contributed by atoms with Gasteiger partial charge in [-0.25, -0.2) is 9.37 Å². The van der Waals surface area contributed by atoms with E-state index >= 15 is 0 Å². The Bertz CT molecular complexity index is 1430. The highest BCUT2D eigenvalue weighted by atomic mass is 19.1. The molecule has 0 aliphatic carbocycles. The number of hydrogen-bond acceptors (Lipinski definition) is 9. The number of rotatable bonds is 5. The van der Waals surface area contributed by atoms with Crippen LogP contribution < -0.4 is 20.3 Å². The SMILES string of the molecule is Nc1cc2ccccc2c(N2Cc3nc(OC[C@@]45CCCN4C[C@H](F)C5)nc(N4CCCOCC4)c3C2=O)n1. The van der Waals surface area contributed by atoms with Gasteiger partial charge in [-0.15, -0.1) is 0 Å². The fourth-order valence-electron chi connectivity index (χ4n) is 6.64. The molecule has 11 heteroatoms. The molecule has 0 radical (unpaired) electrons. The summed E-state index contributed by atoms with van der Waals surface area (Å²) < 4.78 is 26.2. The van der Waals surface area contributed by atoms with Crippen molar-refractivity contribution in [1.82, 2.24) is 19.9 Å². The number of carbonyl (C=O) groups excluding carboxylic acids is 1. The van der Waals surface area contributed by atoms with Crippen LogP contribution >= 0.6 is 0 Å². The molecule has 0 unspecified atom stereocenters. The van der Waals surface area contributed by atoms with Crippen LogP contribution in [0.2, 0.25) is 0 Å². The minimum Gasteiger partial charge on any atom is -0.461 e. The van der Waals surface area contributed by atoms with Gasteiger partial charge in [0.1, 0.15) is 35.8 Å². The summed E-state index contributed by atoms with van der Waals surface area (Å²) >= 11 is 0. The fourth-order valence-corrected chi connectivity index (χ4v) is 6.64. The number of hydrogen-bond donors (Lipinski definition) is 1. The molecule has 0 spiro atoms. The molecule has 2 atom stereocenters. The summed E-state index contributed by atoms with van der Waals surface area (Å²) in [4.78, 5) is 34.0. The zero-order chi connectivity index (χ0) is 26.6. The number of fused-ring (bicyclic) bond motifs is 3. The Morgan fingerprint density at radius 1 is 1.10 bits per heavy atom. The van der Waals surface area contributed by atoms with E-state index in [0.29, 0.717) is 74.6 Å². The fraction of sp³-hybridized carbons (Fsp3) is 0.500. The third-order valence-corrected chi connectivity index (χ3v) is 8.46. The van der Waals surface area contributed by atoms with E-state index < -0.39 is 6.17 Å². The lowest BCUT2D eigenvalue weighted by molar-refractivity contribution is 0.0995. The van der Waals surface area contributed by atoms with E-state index in [1.54, 1.807) is 11.0 Å². The summed E-state index contributed by atoms with van der Waals surface area (Å²) in [5, 5.41) is 1.75. The van der Waals surface area contributed by atoms with Crippen molar-refractivity contribution in [2.24, 2.45) is 0 Å². The highest BCUT2D eigenvalue weighted by Crippen LogP contribution is 2.41. The standard InChI is InChI=1S/C28H32FN7O3/c29-19-14-28(7-3-9-35(28)15-19)17-39-27-31-21-16-36(24-20-6-2-1-5-18(20)13-22(30)32-24)26(37)23(21)25(33-27)34-8-4-11-38-12-10-34/h1-2,5-6,13,19H,3-4,7-12,14-17H2,(H2,30,32)/t19-,28+/m1/s1. The lowest BCUT2D eigenvalue weighted by Crippen LogP contribution is -2.43. The highest BCUT2D eigenvalue weighted by Gasteiger charge is 2.49. The predicted molar refractivity (Wildman–Crippen MR) is 145 cm³/mol. The molecule has 10 nitrogen and oxygen atoms in total. The third kappa shape index (κ3) is 4.24. The maximum absolute atomic E-state index is 14.3. The molecule has 1 amide bonds. The molecule has 1 aromatic carbocycles. The largest absolute Gasteiger partial charge is 0.461 e. The van der Waals surface area contributed by atoms with Crippen molar-refractivity contribution in [2.75, 3.05) is 61.5 Å². The maximum Gasteiger partial charge on any atom is 0.318 e. The molecule has 2 aromatic heterocycles. The molecule has 204 valence electrons. The molecule has 7 rings (SSSR count). The second kappa shape index (κ2) is 9.56. The van der Waals surface area contributed by atoms with Crippen molar-refractivity contribution in [3.05, 3.63) is 41.6 Å². The Hall–Kier alpha value is -3.57. The van der Waals surface area contributed by atoms with Crippen molar-refractivity contribution in [1.29, 1.82) is 0 Å². The Morgan fingerprint density at radius 2 is 2.00 bits per heavy atom. The summed E-state index contributed by atoms with van der Waals surface area (Å²) in [5.74, 6) is 1.19. The number of ether oxygens (including phenoxy) is 2. The second-order valence-electron chi connectivity index (χ2n) is 11.0. The van der Waals surface area contributed by atoms with Gasteiger partial charge in [-0.3, -0.25) is 14.6 Å². The Balaban J connectivity index is 1.26. The molecular formula is C28H32FN7O3. The monoisotopic (exact) mass is 533 g/mol. The van der Waals surface area contributed by atoms with E-state index in [1.807, 2.05) is 24.3 Å². The molecular weight excluding hydrogens is 501 g/mol. The number of nitrogens with two attached hydrogens (primary N) is 1. The summed E-state index contributed by atoms with van der Waals surface area (Å²) in [7, 11) is 0. The number of nitrogens with zero attached hydrogens (tertiary/aromatic N) is 6. The third-order valence-electron chi connectivity index (χ3n) is 8.46. The minimum atomic E-state index is -0.839. The Morgan fingerprint density at radius 3 is 2.92 bits per heavy atom. The van der Waals surface area contributed by atoms with Crippen LogP contribution in [-0.2, 0) is 11.3 Å². The lowest BCUT2D eigenvalue weighted by Gasteiger charge is -2.31. The van der Waals surface area contributed by atoms with Crippen LogP contribution in [0.15, 0.2) is 30.3 Å². The topological polar surface area (TPSA) is 110 Å². The Labute approximate surface area is 225 Å². The van der Waals surface area contributed by atoms with Gasteiger partial charge in [-0.1, -0.05) is 24.3 Å². The van der Waals surface area contributed by atoms with E-state index in [4.69, 9.17) is 25.2 Å². The first kappa shape index (κ1) is 24.5. The van der Waals surface area contributed by atoms with E-state index in [0.717, 1.165) is 36.6 Å². The first-order valence-corrected chi connectivity index (χ1v) is 13.7. The van der Waals surface area contributed by atoms with Crippen LogP contribution in [0, 0.1) is 0 Å². The average Bonchev–Trinajstić information content (AvgIpc) is 3.46. The maximum atomic E-state index is 14.3. The molecule has 2 N–H and O–H groups in total. The van der Waals surface area contributed by atoms with E-state index in [9.17, 15) is 9.18 Å². The quantitative estimate of drug-likeness (QED) is 0.529. The van der Waals surface area contributed by atoms with Gasteiger partial charge in [-0.05, 0) is 37.3 Å². The number of alkyl halides is 1. The van der Waals surface area contributed by atoms with Gasteiger partial charge < -0.3 is 20.1 Å². The number of pyridine rings is 1. The molecule has 0 bridgehead atoms. The minimum absolute atomic E-state index is 0.211. The van der Waals surface area contributed by atoms with Gasteiger partial charge in [0.15, 0.2) is 0 Å². The molecule has 39 heavy (non-hydrogen) atoms. The lowest BCUT2D eigenvalue weighted by atomic mass is 9.95. The van der Waals surface area contributed by atoms with Crippen LogP contribution in [0.5, 0.6) is 6.01 Å². The van der Waals surface area contributed by atoms with Gasteiger partial charge in [0.2, 0.25) is 0 Å². The number of nitrogen functional groups attached to an aromatic ring is 1. The van der Waals surface area contributed by atoms with Gasteiger partial charge >= 0.3 is 6.01 Å². The second-order valence-corrected chi connectivity index (χ2v) is 11.0. The van der Waals surface area contributed by atoms with Crippen LogP contribution in [0.4, 0.5) is 21.8 Å². The predicted octanol–water partition coefficient (Wildman–Crippen LogP) is 2.95. The molecule has 0 saturated carbocycles. The van der Waals surface area contributed by atoms with Gasteiger partial charge in [-0.2, -0.15) is 9.97 Å². The van der Waals surface area contributed by atoms with Crippen molar-refractivity contribution < 1.29 is 18.7 Å². The van der Waals surface area contributed by atoms with E-state index in [-0.39, 0.29) is 24.0 Å². The number of benzene rings is 1.